The highest BCUT2D eigenvalue weighted by Crippen LogP contribution is 2.36. The van der Waals surface area contributed by atoms with E-state index in [1.165, 1.54) is 7.11 Å². The first-order valence-electron chi connectivity index (χ1n) is 8.17. The van der Waals surface area contributed by atoms with Crippen LogP contribution in [0.2, 0.25) is 5.02 Å². The molecule has 0 amide bonds. The molecule has 150 valence electrons. The molecule has 0 saturated carbocycles. The molecule has 0 radical (unpaired) electrons. The summed E-state index contributed by atoms with van der Waals surface area (Å²) in [4.78, 5) is 10.7. The van der Waals surface area contributed by atoms with Crippen molar-refractivity contribution < 1.29 is 28.8 Å². The first-order chi connectivity index (χ1) is 13.5. The lowest BCUT2D eigenvalue weighted by atomic mass is 10.2. The fraction of sp³-hybridized carbons (Fsp3) is 0.263. The molecule has 9 heteroatoms. The molecule has 2 aromatic rings. The number of aliphatic carboxylic acids is 1. The van der Waals surface area contributed by atoms with Gasteiger partial charge in [0.15, 0.2) is 29.6 Å². The van der Waals surface area contributed by atoms with Crippen LogP contribution in [0.1, 0.15) is 11.1 Å². The number of carboxylic acids is 1. The first-order valence-corrected chi connectivity index (χ1v) is 8.55. The van der Waals surface area contributed by atoms with Gasteiger partial charge >= 0.3 is 5.97 Å². The minimum Gasteiger partial charge on any atom is -0.493 e. The predicted molar refractivity (Wildman–Crippen MR) is 105 cm³/mol. The van der Waals surface area contributed by atoms with Gasteiger partial charge < -0.3 is 29.5 Å². The smallest absolute Gasteiger partial charge is 0.341 e. The monoisotopic (exact) mass is 408 g/mol. The number of halogens is 1. The molecule has 2 aromatic carbocycles. The first kappa shape index (κ1) is 21.2. The molecule has 8 nitrogen and oxygen atoms in total. The molecule has 0 unspecified atom stereocenters. The molecule has 0 atom stereocenters. The normalized spacial score (nSPS) is 10.6. The Morgan fingerprint density at radius 2 is 1.82 bits per heavy atom. The van der Waals surface area contributed by atoms with Crippen molar-refractivity contribution in [3.05, 3.63) is 46.5 Å². The zero-order valence-corrected chi connectivity index (χ0v) is 16.4. The zero-order valence-electron chi connectivity index (χ0n) is 15.7. The molecule has 0 aliphatic heterocycles. The van der Waals surface area contributed by atoms with Gasteiger partial charge in [-0.25, -0.2) is 4.79 Å². The van der Waals surface area contributed by atoms with Gasteiger partial charge in [0.2, 0.25) is 0 Å². The fourth-order valence-electron chi connectivity index (χ4n) is 2.34. The lowest BCUT2D eigenvalue weighted by Crippen LogP contribution is -2.10. The van der Waals surface area contributed by atoms with E-state index in [0.29, 0.717) is 29.4 Å². The average molecular weight is 409 g/mol. The average Bonchev–Trinajstić information content (AvgIpc) is 2.69. The Kier molecular flexibility index (Phi) is 7.76. The Balaban J connectivity index is 2.04. The molecular weight excluding hydrogens is 388 g/mol. The number of hydrazone groups is 1. The molecular formula is C19H21ClN2O6. The summed E-state index contributed by atoms with van der Waals surface area (Å²) < 4.78 is 20.8. The van der Waals surface area contributed by atoms with E-state index in [-0.39, 0.29) is 10.8 Å². The van der Waals surface area contributed by atoms with Crippen LogP contribution in [0.5, 0.6) is 23.0 Å². The lowest BCUT2D eigenvalue weighted by Gasteiger charge is -2.12. The molecule has 0 heterocycles. The van der Waals surface area contributed by atoms with Crippen molar-refractivity contribution in [1.82, 2.24) is 5.43 Å². The lowest BCUT2D eigenvalue weighted by molar-refractivity contribution is -0.139. The molecule has 0 bridgehead atoms. The fourth-order valence-corrected chi connectivity index (χ4v) is 2.61. The van der Waals surface area contributed by atoms with E-state index in [9.17, 15) is 4.79 Å². The van der Waals surface area contributed by atoms with Crippen molar-refractivity contribution >= 4 is 23.8 Å². The molecule has 28 heavy (non-hydrogen) atoms. The van der Waals surface area contributed by atoms with Gasteiger partial charge in [0.25, 0.3) is 0 Å². The second-order valence-electron chi connectivity index (χ2n) is 5.50. The van der Waals surface area contributed by atoms with Crippen molar-refractivity contribution in [2.45, 2.75) is 6.54 Å². The van der Waals surface area contributed by atoms with Crippen LogP contribution in [0.15, 0.2) is 35.4 Å². The molecule has 0 saturated heterocycles. The molecule has 2 N–H and O–H groups in total. The van der Waals surface area contributed by atoms with Crippen LogP contribution >= 0.6 is 11.6 Å². The molecule has 0 aromatic heterocycles. The minimum absolute atomic E-state index is 0.169. The Morgan fingerprint density at radius 1 is 1.11 bits per heavy atom. The van der Waals surface area contributed by atoms with Crippen molar-refractivity contribution in [3.63, 3.8) is 0 Å². The van der Waals surface area contributed by atoms with Crippen molar-refractivity contribution in [1.29, 1.82) is 0 Å². The number of ether oxygens (including phenoxy) is 4. The Bertz CT molecular complexity index is 857. The Labute approximate surface area is 167 Å². The van der Waals surface area contributed by atoms with E-state index in [2.05, 4.69) is 10.5 Å². The number of carboxylic acid groups (broad SMARTS) is 1. The number of nitrogens with one attached hydrogen (secondary N) is 1. The summed E-state index contributed by atoms with van der Waals surface area (Å²) in [6.45, 7) is -0.0437. The number of hydrogen-bond acceptors (Lipinski definition) is 7. The highest BCUT2D eigenvalue weighted by molar-refractivity contribution is 6.32. The highest BCUT2D eigenvalue weighted by atomic mass is 35.5. The largest absolute Gasteiger partial charge is 0.493 e. The van der Waals surface area contributed by atoms with Crippen LogP contribution in [0.4, 0.5) is 0 Å². The van der Waals surface area contributed by atoms with E-state index >= 15 is 0 Å². The summed E-state index contributed by atoms with van der Waals surface area (Å²) in [6, 6.07) is 8.82. The summed E-state index contributed by atoms with van der Waals surface area (Å²) in [7, 11) is 4.60. The van der Waals surface area contributed by atoms with Crippen LogP contribution in [0.3, 0.4) is 0 Å². The van der Waals surface area contributed by atoms with Crippen LogP contribution in [-0.2, 0) is 11.3 Å². The van der Waals surface area contributed by atoms with Gasteiger partial charge in [0, 0.05) is 0 Å². The van der Waals surface area contributed by atoms with Crippen LogP contribution in [0, 0.1) is 0 Å². The number of rotatable bonds is 10. The van der Waals surface area contributed by atoms with Gasteiger partial charge in [0.05, 0.1) is 39.1 Å². The van der Waals surface area contributed by atoms with Gasteiger partial charge in [-0.3, -0.25) is 0 Å². The quantitative estimate of drug-likeness (QED) is 0.460. The molecule has 0 fully saturated rings. The van der Waals surface area contributed by atoms with Gasteiger partial charge in [-0.15, -0.1) is 0 Å². The summed E-state index contributed by atoms with van der Waals surface area (Å²) >= 11 is 6.16. The maximum Gasteiger partial charge on any atom is 0.341 e. The van der Waals surface area contributed by atoms with Gasteiger partial charge in [0.1, 0.15) is 0 Å². The second-order valence-corrected chi connectivity index (χ2v) is 5.91. The van der Waals surface area contributed by atoms with Crippen molar-refractivity contribution in [3.8, 4) is 23.0 Å². The third-order valence-electron chi connectivity index (χ3n) is 3.63. The maximum atomic E-state index is 10.7. The van der Waals surface area contributed by atoms with Crippen LogP contribution in [0.25, 0.3) is 0 Å². The van der Waals surface area contributed by atoms with E-state index < -0.39 is 12.6 Å². The maximum absolute atomic E-state index is 10.7. The number of methoxy groups -OCH3 is 3. The SMILES string of the molecule is COc1ccc(CN/N=C/c2cc(Cl)c(OCC(=O)O)c(OC)c2)cc1OC. The number of carbonyl (C=O) groups is 1. The van der Waals surface area contributed by atoms with Crippen molar-refractivity contribution in [2.24, 2.45) is 5.10 Å². The second kappa shape index (κ2) is 10.3. The standard InChI is InChI=1S/C19H21ClN2O6/c1-25-15-5-4-12(7-16(15)26-2)9-21-22-10-13-6-14(20)19(17(8-13)27-3)28-11-18(23)24/h4-8,10,21H,9,11H2,1-3H3,(H,23,24)/b22-10+. The topological polar surface area (TPSA) is 98.6 Å². The Morgan fingerprint density at radius 3 is 2.46 bits per heavy atom. The van der Waals surface area contributed by atoms with Gasteiger partial charge in [-0.2, -0.15) is 5.10 Å². The summed E-state index contributed by atoms with van der Waals surface area (Å²) in [5.41, 5.74) is 4.55. The van der Waals surface area contributed by atoms with E-state index in [4.69, 9.17) is 35.7 Å². The summed E-state index contributed by atoms with van der Waals surface area (Å²) in [5.74, 6) is 0.668. The van der Waals surface area contributed by atoms with E-state index in [0.717, 1.165) is 5.56 Å². The molecule has 2 rings (SSSR count). The third-order valence-corrected chi connectivity index (χ3v) is 3.91. The molecule has 0 aliphatic carbocycles. The third kappa shape index (κ3) is 5.68. The number of nitrogens with zero attached hydrogens (tertiary/aromatic N) is 1. The van der Waals surface area contributed by atoms with Gasteiger partial charge in [-0.05, 0) is 35.4 Å². The highest BCUT2D eigenvalue weighted by Gasteiger charge is 2.13. The Hall–Kier alpha value is -3.13. The van der Waals surface area contributed by atoms with E-state index in [1.807, 2.05) is 18.2 Å². The van der Waals surface area contributed by atoms with Gasteiger partial charge in [-0.1, -0.05) is 17.7 Å². The summed E-state index contributed by atoms with van der Waals surface area (Å²) in [5, 5.41) is 13.1. The molecule has 0 aliphatic rings. The van der Waals surface area contributed by atoms with E-state index in [1.54, 1.807) is 32.6 Å². The van der Waals surface area contributed by atoms with Crippen LogP contribution < -0.4 is 24.4 Å². The van der Waals surface area contributed by atoms with Crippen molar-refractivity contribution in [2.75, 3.05) is 27.9 Å². The van der Waals surface area contributed by atoms with Crippen LogP contribution in [-0.4, -0.2) is 45.2 Å². The zero-order chi connectivity index (χ0) is 20.5. The molecule has 0 spiro atoms. The number of benzene rings is 2. The number of hydrogen-bond donors (Lipinski definition) is 2. The summed E-state index contributed by atoms with van der Waals surface area (Å²) in [6.07, 6.45) is 1.57. The minimum atomic E-state index is -1.11. The predicted octanol–water partition coefficient (Wildman–Crippen LogP) is 2.95.